The van der Waals surface area contributed by atoms with Gasteiger partial charge >= 0.3 is 0 Å². The number of tetrazole rings is 1. The molecule has 5 heteroatoms. The highest BCUT2D eigenvalue weighted by molar-refractivity contribution is 4.78. The van der Waals surface area contributed by atoms with E-state index in [9.17, 15) is 0 Å². The monoisotopic (exact) mass is 125 g/mol. The Morgan fingerprint density at radius 2 is 2.44 bits per heavy atom. The molecule has 1 aromatic rings. The van der Waals surface area contributed by atoms with Gasteiger partial charge in [0.15, 0.2) is 0 Å². The smallest absolute Gasteiger partial charge is 0.138 e. The average molecular weight is 125 g/mol. The van der Waals surface area contributed by atoms with Crippen LogP contribution in [0.25, 0.3) is 0 Å². The van der Waals surface area contributed by atoms with E-state index < -0.39 is 0 Å². The summed E-state index contributed by atoms with van der Waals surface area (Å²) in [6, 6.07) is 0.486. The summed E-state index contributed by atoms with van der Waals surface area (Å²) < 4.78 is 1.77. The third kappa shape index (κ3) is 0.692. The lowest BCUT2D eigenvalue weighted by Crippen LogP contribution is -2.43. The van der Waals surface area contributed by atoms with Gasteiger partial charge in [0, 0.05) is 13.1 Å². The lowest BCUT2D eigenvalue weighted by molar-refractivity contribution is 0.312. The molecule has 0 bridgehead atoms. The molecule has 48 valence electrons. The number of hydrogen-bond donors (Lipinski definition) is 1. The summed E-state index contributed by atoms with van der Waals surface area (Å²) in [5, 5.41) is 13.9. The van der Waals surface area contributed by atoms with E-state index in [-0.39, 0.29) is 0 Å². The van der Waals surface area contributed by atoms with Crippen molar-refractivity contribution in [3.8, 4) is 0 Å². The molecule has 0 amide bonds. The van der Waals surface area contributed by atoms with Crippen LogP contribution in [0.5, 0.6) is 0 Å². The normalized spacial score (nSPS) is 19.6. The van der Waals surface area contributed by atoms with Crippen molar-refractivity contribution in [1.29, 1.82) is 0 Å². The predicted molar refractivity (Wildman–Crippen MR) is 29.7 cm³/mol. The van der Waals surface area contributed by atoms with E-state index in [2.05, 4.69) is 20.8 Å². The van der Waals surface area contributed by atoms with Gasteiger partial charge in [0.1, 0.15) is 6.33 Å². The fourth-order valence-corrected chi connectivity index (χ4v) is 0.796. The quantitative estimate of drug-likeness (QED) is 0.513. The van der Waals surface area contributed by atoms with Crippen molar-refractivity contribution in [3.63, 3.8) is 0 Å². The van der Waals surface area contributed by atoms with Crippen LogP contribution in [0.1, 0.15) is 6.04 Å². The first-order valence-corrected chi connectivity index (χ1v) is 2.90. The SMILES string of the molecule is c1nnnn1C1CNC1. The Labute approximate surface area is 52.1 Å². The van der Waals surface area contributed by atoms with Gasteiger partial charge in [-0.15, -0.1) is 5.10 Å². The maximum absolute atomic E-state index is 3.75. The van der Waals surface area contributed by atoms with E-state index in [0.717, 1.165) is 13.1 Å². The Morgan fingerprint density at radius 3 is 2.89 bits per heavy atom. The van der Waals surface area contributed by atoms with Gasteiger partial charge in [0.25, 0.3) is 0 Å². The van der Waals surface area contributed by atoms with E-state index in [4.69, 9.17) is 0 Å². The van der Waals surface area contributed by atoms with Gasteiger partial charge in [0.2, 0.25) is 0 Å². The Kier molecular flexibility index (Phi) is 0.955. The molecule has 1 aliphatic heterocycles. The van der Waals surface area contributed by atoms with E-state index in [1.165, 1.54) is 0 Å². The molecule has 2 heterocycles. The third-order valence-electron chi connectivity index (χ3n) is 1.50. The second-order valence-corrected chi connectivity index (χ2v) is 2.10. The van der Waals surface area contributed by atoms with Gasteiger partial charge in [-0.05, 0) is 10.4 Å². The first kappa shape index (κ1) is 4.87. The maximum atomic E-state index is 3.75. The summed E-state index contributed by atoms with van der Waals surface area (Å²) in [6.45, 7) is 1.98. The zero-order chi connectivity index (χ0) is 6.10. The topological polar surface area (TPSA) is 55.6 Å². The van der Waals surface area contributed by atoms with Crippen molar-refractivity contribution in [3.05, 3.63) is 6.33 Å². The molecule has 1 fully saturated rings. The van der Waals surface area contributed by atoms with Gasteiger partial charge in [-0.1, -0.05) is 0 Å². The average Bonchev–Trinajstić information content (AvgIpc) is 2.11. The molecular weight excluding hydrogens is 118 g/mol. The number of nitrogens with zero attached hydrogens (tertiary/aromatic N) is 4. The van der Waals surface area contributed by atoms with Crippen LogP contribution >= 0.6 is 0 Å². The molecule has 0 aliphatic carbocycles. The molecule has 9 heavy (non-hydrogen) atoms. The fraction of sp³-hybridized carbons (Fsp3) is 0.750. The number of aromatic nitrogens is 4. The van der Waals surface area contributed by atoms with Gasteiger partial charge in [-0.25, -0.2) is 4.68 Å². The van der Waals surface area contributed by atoms with Crippen molar-refractivity contribution in [2.45, 2.75) is 6.04 Å². The Morgan fingerprint density at radius 1 is 1.56 bits per heavy atom. The molecule has 0 saturated carbocycles. The highest BCUT2D eigenvalue weighted by atomic mass is 15.5. The molecule has 1 aromatic heterocycles. The molecule has 0 unspecified atom stereocenters. The van der Waals surface area contributed by atoms with Crippen molar-refractivity contribution in [2.24, 2.45) is 0 Å². The van der Waals surface area contributed by atoms with Crippen LogP contribution in [0.4, 0.5) is 0 Å². The lowest BCUT2D eigenvalue weighted by atomic mass is 10.2. The Hall–Kier alpha value is -0.970. The van der Waals surface area contributed by atoms with E-state index in [1.807, 2.05) is 0 Å². The minimum atomic E-state index is 0.486. The van der Waals surface area contributed by atoms with Crippen molar-refractivity contribution < 1.29 is 0 Å². The summed E-state index contributed by atoms with van der Waals surface area (Å²) in [7, 11) is 0. The van der Waals surface area contributed by atoms with Crippen molar-refractivity contribution in [1.82, 2.24) is 25.5 Å². The summed E-state index contributed by atoms with van der Waals surface area (Å²) in [4.78, 5) is 0. The first-order valence-electron chi connectivity index (χ1n) is 2.90. The first-order chi connectivity index (χ1) is 4.47. The highest BCUT2D eigenvalue weighted by Crippen LogP contribution is 2.06. The summed E-state index contributed by atoms with van der Waals surface area (Å²) in [6.07, 6.45) is 1.64. The molecule has 0 atom stereocenters. The number of hydrogen-bond acceptors (Lipinski definition) is 4. The summed E-state index contributed by atoms with van der Waals surface area (Å²) in [5.74, 6) is 0. The molecule has 1 aliphatic rings. The van der Waals surface area contributed by atoms with Crippen LogP contribution < -0.4 is 5.32 Å². The predicted octanol–water partition coefficient (Wildman–Crippen LogP) is -1.18. The molecule has 0 spiro atoms. The second kappa shape index (κ2) is 1.77. The minimum Gasteiger partial charge on any atom is -0.312 e. The summed E-state index contributed by atoms with van der Waals surface area (Å²) >= 11 is 0. The molecule has 1 saturated heterocycles. The van der Waals surface area contributed by atoms with Crippen LogP contribution in [0.15, 0.2) is 6.33 Å². The van der Waals surface area contributed by atoms with Crippen LogP contribution in [0, 0.1) is 0 Å². The van der Waals surface area contributed by atoms with Gasteiger partial charge < -0.3 is 5.32 Å². The number of nitrogens with one attached hydrogen (secondary N) is 1. The van der Waals surface area contributed by atoms with Gasteiger partial charge in [-0.3, -0.25) is 0 Å². The zero-order valence-corrected chi connectivity index (χ0v) is 4.86. The molecule has 5 nitrogen and oxygen atoms in total. The zero-order valence-electron chi connectivity index (χ0n) is 4.86. The van der Waals surface area contributed by atoms with Crippen LogP contribution in [0.3, 0.4) is 0 Å². The van der Waals surface area contributed by atoms with Crippen LogP contribution in [-0.2, 0) is 0 Å². The minimum absolute atomic E-state index is 0.486. The van der Waals surface area contributed by atoms with Crippen molar-refractivity contribution in [2.75, 3.05) is 13.1 Å². The second-order valence-electron chi connectivity index (χ2n) is 2.10. The molecule has 0 radical (unpaired) electrons. The number of rotatable bonds is 1. The molecular formula is C4H7N5. The Bertz CT molecular complexity index is 177. The van der Waals surface area contributed by atoms with E-state index in [0.29, 0.717) is 6.04 Å². The maximum Gasteiger partial charge on any atom is 0.138 e. The molecule has 2 rings (SSSR count). The third-order valence-corrected chi connectivity index (χ3v) is 1.50. The van der Waals surface area contributed by atoms with E-state index >= 15 is 0 Å². The molecule has 0 aromatic carbocycles. The van der Waals surface area contributed by atoms with Gasteiger partial charge in [-0.2, -0.15) is 0 Å². The lowest BCUT2D eigenvalue weighted by Gasteiger charge is -2.25. The van der Waals surface area contributed by atoms with Crippen LogP contribution in [0.2, 0.25) is 0 Å². The fourth-order valence-electron chi connectivity index (χ4n) is 0.796. The standard InChI is InChI=1S/C4H7N5/c1-4(2-5-1)9-3-6-7-8-9/h3-5H,1-2H2. The Balaban J connectivity index is 2.14. The van der Waals surface area contributed by atoms with Gasteiger partial charge in [0.05, 0.1) is 6.04 Å². The highest BCUT2D eigenvalue weighted by Gasteiger charge is 2.18. The van der Waals surface area contributed by atoms with Crippen LogP contribution in [-0.4, -0.2) is 33.3 Å². The summed E-state index contributed by atoms with van der Waals surface area (Å²) in [5.41, 5.74) is 0. The van der Waals surface area contributed by atoms with Crippen molar-refractivity contribution >= 4 is 0 Å². The molecule has 1 N–H and O–H groups in total. The van der Waals surface area contributed by atoms with E-state index in [1.54, 1.807) is 11.0 Å². The largest absolute Gasteiger partial charge is 0.312 e.